The average molecular weight is 238 g/mol. The van der Waals surface area contributed by atoms with Crippen molar-refractivity contribution in [2.75, 3.05) is 13.2 Å². The van der Waals surface area contributed by atoms with E-state index < -0.39 is 0 Å². The van der Waals surface area contributed by atoms with E-state index in [9.17, 15) is 4.39 Å². The molecule has 2 aromatic rings. The van der Waals surface area contributed by atoms with Crippen molar-refractivity contribution in [2.45, 2.75) is 13.8 Å². The summed E-state index contributed by atoms with van der Waals surface area (Å²) in [4.78, 5) is 0. The van der Waals surface area contributed by atoms with Gasteiger partial charge in [0.05, 0.1) is 13.2 Å². The van der Waals surface area contributed by atoms with E-state index in [1.807, 2.05) is 13.8 Å². The Morgan fingerprint density at radius 2 is 2.12 bits per heavy atom. The van der Waals surface area contributed by atoms with Crippen LogP contribution in [0, 0.1) is 11.2 Å². The van der Waals surface area contributed by atoms with Gasteiger partial charge in [-0.2, -0.15) is 0 Å². The van der Waals surface area contributed by atoms with E-state index in [0.717, 1.165) is 0 Å². The van der Waals surface area contributed by atoms with Crippen molar-refractivity contribution in [2.24, 2.45) is 5.41 Å². The monoisotopic (exact) mass is 238 g/mol. The zero-order valence-corrected chi connectivity index (χ0v) is 9.87. The number of fused-ring (bicyclic) bond motifs is 1. The molecule has 4 heteroatoms. The first kappa shape index (κ1) is 11.9. The highest BCUT2D eigenvalue weighted by molar-refractivity contribution is 5.78. The van der Waals surface area contributed by atoms with Gasteiger partial charge in [-0.05, 0) is 18.2 Å². The molecule has 0 fully saturated rings. The molecule has 0 unspecified atom stereocenters. The van der Waals surface area contributed by atoms with Crippen molar-refractivity contribution in [3.8, 4) is 5.95 Å². The Morgan fingerprint density at radius 1 is 1.35 bits per heavy atom. The molecule has 0 aliphatic carbocycles. The van der Waals surface area contributed by atoms with Crippen LogP contribution in [0.3, 0.4) is 0 Å². The van der Waals surface area contributed by atoms with E-state index in [0.29, 0.717) is 23.5 Å². The first-order valence-electron chi connectivity index (χ1n) is 5.43. The summed E-state index contributed by atoms with van der Waals surface area (Å²) >= 11 is 0. The summed E-state index contributed by atoms with van der Waals surface area (Å²) in [6.45, 7) is 4.14. The van der Waals surface area contributed by atoms with Gasteiger partial charge in [0.1, 0.15) is 11.4 Å². The zero-order chi connectivity index (χ0) is 12.5. The quantitative estimate of drug-likeness (QED) is 0.890. The summed E-state index contributed by atoms with van der Waals surface area (Å²) in [5.74, 6) is 0.0349. The largest absolute Gasteiger partial charge is 0.464 e. The van der Waals surface area contributed by atoms with Crippen LogP contribution >= 0.6 is 0 Å². The molecular formula is C13H15FO3. The SMILES string of the molecule is CC(C)(CO)COc1cc2cc(F)ccc2o1. The smallest absolute Gasteiger partial charge is 0.285 e. The summed E-state index contributed by atoms with van der Waals surface area (Å²) < 4.78 is 23.8. The molecule has 0 saturated carbocycles. The Hall–Kier alpha value is -1.55. The van der Waals surface area contributed by atoms with Crippen LogP contribution in [0.15, 0.2) is 28.7 Å². The summed E-state index contributed by atoms with van der Waals surface area (Å²) in [5, 5.41) is 9.76. The van der Waals surface area contributed by atoms with Crippen LogP contribution < -0.4 is 4.74 Å². The van der Waals surface area contributed by atoms with E-state index in [4.69, 9.17) is 14.3 Å². The molecule has 0 saturated heterocycles. The number of hydrogen-bond acceptors (Lipinski definition) is 3. The predicted octanol–water partition coefficient (Wildman–Crippen LogP) is 2.97. The molecular weight excluding hydrogens is 223 g/mol. The Kier molecular flexibility index (Phi) is 3.07. The maximum Gasteiger partial charge on any atom is 0.285 e. The van der Waals surface area contributed by atoms with Crippen LogP contribution in [-0.4, -0.2) is 18.3 Å². The minimum Gasteiger partial charge on any atom is -0.464 e. The minimum absolute atomic E-state index is 0.0296. The van der Waals surface area contributed by atoms with Crippen LogP contribution in [-0.2, 0) is 0 Å². The lowest BCUT2D eigenvalue weighted by Gasteiger charge is -2.20. The maximum atomic E-state index is 13.0. The van der Waals surface area contributed by atoms with Crippen molar-refractivity contribution in [1.29, 1.82) is 0 Å². The molecule has 0 aliphatic rings. The van der Waals surface area contributed by atoms with Gasteiger partial charge in [0.15, 0.2) is 0 Å². The molecule has 0 aliphatic heterocycles. The van der Waals surface area contributed by atoms with E-state index in [1.165, 1.54) is 12.1 Å². The van der Waals surface area contributed by atoms with Crippen LogP contribution in [0.1, 0.15) is 13.8 Å². The van der Waals surface area contributed by atoms with Gasteiger partial charge in [-0.25, -0.2) is 4.39 Å². The van der Waals surface area contributed by atoms with E-state index in [-0.39, 0.29) is 17.8 Å². The minimum atomic E-state index is -0.329. The van der Waals surface area contributed by atoms with Gasteiger partial charge in [0, 0.05) is 16.9 Å². The predicted molar refractivity (Wildman–Crippen MR) is 62.5 cm³/mol. The average Bonchev–Trinajstić information content (AvgIpc) is 2.68. The summed E-state index contributed by atoms with van der Waals surface area (Å²) in [6, 6.07) is 5.94. The van der Waals surface area contributed by atoms with Gasteiger partial charge in [0.25, 0.3) is 5.95 Å². The Morgan fingerprint density at radius 3 is 2.82 bits per heavy atom. The third kappa shape index (κ3) is 2.77. The molecule has 0 atom stereocenters. The molecule has 0 spiro atoms. The maximum absolute atomic E-state index is 13.0. The number of hydrogen-bond donors (Lipinski definition) is 1. The molecule has 1 aromatic carbocycles. The van der Waals surface area contributed by atoms with Crippen LogP contribution in [0.4, 0.5) is 4.39 Å². The van der Waals surface area contributed by atoms with Gasteiger partial charge in [0.2, 0.25) is 0 Å². The lowest BCUT2D eigenvalue weighted by Crippen LogP contribution is -2.25. The van der Waals surface area contributed by atoms with E-state index in [1.54, 1.807) is 12.1 Å². The normalized spacial score (nSPS) is 12.0. The fourth-order valence-corrected chi connectivity index (χ4v) is 1.37. The lowest BCUT2D eigenvalue weighted by molar-refractivity contribution is 0.0849. The highest BCUT2D eigenvalue weighted by atomic mass is 19.1. The number of furan rings is 1. The topological polar surface area (TPSA) is 42.6 Å². The third-order valence-corrected chi connectivity index (χ3v) is 2.49. The van der Waals surface area contributed by atoms with Gasteiger partial charge in [-0.3, -0.25) is 0 Å². The van der Waals surface area contributed by atoms with Gasteiger partial charge >= 0.3 is 0 Å². The molecule has 92 valence electrons. The molecule has 17 heavy (non-hydrogen) atoms. The Labute approximate surface area is 98.8 Å². The molecule has 0 bridgehead atoms. The van der Waals surface area contributed by atoms with Crippen molar-refractivity contribution >= 4 is 11.0 Å². The van der Waals surface area contributed by atoms with Crippen molar-refractivity contribution in [3.63, 3.8) is 0 Å². The van der Waals surface area contributed by atoms with Crippen LogP contribution in [0.5, 0.6) is 5.95 Å². The summed E-state index contributed by atoms with van der Waals surface area (Å²) in [5.41, 5.74) is 0.257. The second kappa shape index (κ2) is 4.37. The van der Waals surface area contributed by atoms with Crippen LogP contribution in [0.2, 0.25) is 0 Å². The molecule has 3 nitrogen and oxygen atoms in total. The number of rotatable bonds is 4. The third-order valence-electron chi connectivity index (χ3n) is 2.49. The lowest BCUT2D eigenvalue weighted by atomic mass is 9.97. The van der Waals surface area contributed by atoms with Gasteiger partial charge < -0.3 is 14.3 Å². The van der Waals surface area contributed by atoms with E-state index >= 15 is 0 Å². The summed E-state index contributed by atoms with van der Waals surface area (Å²) in [6.07, 6.45) is 0. The highest BCUT2D eigenvalue weighted by Gasteiger charge is 2.18. The standard InChI is InChI=1S/C13H15FO3/c1-13(2,7-15)8-16-12-6-9-5-10(14)3-4-11(9)17-12/h3-6,15H,7-8H2,1-2H3. The molecule has 1 N–H and O–H groups in total. The van der Waals surface area contributed by atoms with Gasteiger partial charge in [-0.15, -0.1) is 0 Å². The van der Waals surface area contributed by atoms with Crippen LogP contribution in [0.25, 0.3) is 11.0 Å². The first-order valence-corrected chi connectivity index (χ1v) is 5.43. The summed E-state index contributed by atoms with van der Waals surface area (Å²) in [7, 11) is 0. The molecule has 0 radical (unpaired) electrons. The Balaban J connectivity index is 2.15. The number of ether oxygens (including phenoxy) is 1. The number of aliphatic hydroxyl groups excluding tert-OH is 1. The highest BCUT2D eigenvalue weighted by Crippen LogP contribution is 2.27. The fourth-order valence-electron chi connectivity index (χ4n) is 1.37. The van der Waals surface area contributed by atoms with E-state index in [2.05, 4.69) is 0 Å². The molecule has 2 rings (SSSR count). The van der Waals surface area contributed by atoms with Crippen molar-refractivity contribution in [3.05, 3.63) is 30.1 Å². The van der Waals surface area contributed by atoms with Crippen molar-refractivity contribution in [1.82, 2.24) is 0 Å². The second-order valence-corrected chi connectivity index (χ2v) is 4.86. The molecule has 1 heterocycles. The Bertz CT molecular complexity index is 516. The molecule has 0 amide bonds. The second-order valence-electron chi connectivity index (χ2n) is 4.86. The number of halogens is 1. The number of benzene rings is 1. The molecule has 1 aromatic heterocycles. The van der Waals surface area contributed by atoms with Crippen molar-refractivity contribution < 1.29 is 18.7 Å². The fraction of sp³-hybridized carbons (Fsp3) is 0.385. The van der Waals surface area contributed by atoms with Gasteiger partial charge in [-0.1, -0.05) is 13.8 Å². The number of aliphatic hydroxyl groups is 1. The zero-order valence-electron chi connectivity index (χ0n) is 9.87. The first-order chi connectivity index (χ1) is 8.00.